The summed E-state index contributed by atoms with van der Waals surface area (Å²) in [6, 6.07) is 5.99. The van der Waals surface area contributed by atoms with Crippen LogP contribution in [0.5, 0.6) is 0 Å². The summed E-state index contributed by atoms with van der Waals surface area (Å²) in [5.41, 5.74) is 0.956. The summed E-state index contributed by atoms with van der Waals surface area (Å²) in [6.45, 7) is 3.82. The molecule has 0 radical (unpaired) electrons. The van der Waals surface area contributed by atoms with E-state index < -0.39 is 20.2 Å². The van der Waals surface area contributed by atoms with Crippen molar-refractivity contribution in [2.24, 2.45) is 0 Å². The third-order valence-corrected chi connectivity index (χ3v) is 4.00. The highest BCUT2D eigenvalue weighted by Crippen LogP contribution is 2.08. The van der Waals surface area contributed by atoms with E-state index >= 15 is 0 Å². The molecule has 8 heteroatoms. The van der Waals surface area contributed by atoms with Gasteiger partial charge >= 0.3 is 0 Å². The van der Waals surface area contributed by atoms with Crippen molar-refractivity contribution in [2.75, 3.05) is 5.75 Å². The van der Waals surface area contributed by atoms with Crippen LogP contribution in [-0.4, -0.2) is 31.7 Å². The SMILES string of the molecule is CCCCCS(=O)(=O)O.Cc1ccc(S(=O)(=O)O)cc1. The highest BCUT2D eigenvalue weighted by atomic mass is 32.2. The fraction of sp³-hybridized carbons (Fsp3) is 0.500. The molecule has 1 aromatic carbocycles. The van der Waals surface area contributed by atoms with Crippen molar-refractivity contribution in [2.45, 2.75) is 38.0 Å². The molecule has 0 aliphatic carbocycles. The molecule has 0 heterocycles. The maximum absolute atomic E-state index is 10.5. The fourth-order valence-corrected chi connectivity index (χ4v) is 2.29. The first kappa shape index (κ1) is 19.0. The summed E-state index contributed by atoms with van der Waals surface area (Å²) < 4.78 is 57.9. The smallest absolute Gasteiger partial charge is 0.286 e. The standard InChI is InChI=1S/C7H8O3S.C5H12O3S/c1-6-2-4-7(5-3-6)11(8,9)10;1-2-3-4-5-9(6,7)8/h2-5H,1H3,(H,8,9,10);2-5H2,1H3,(H,6,7,8). The van der Waals surface area contributed by atoms with Gasteiger partial charge in [0.15, 0.2) is 0 Å². The normalized spacial score (nSPS) is 11.6. The van der Waals surface area contributed by atoms with Crippen molar-refractivity contribution < 1.29 is 25.9 Å². The first-order valence-electron chi connectivity index (χ1n) is 6.05. The lowest BCUT2D eigenvalue weighted by Crippen LogP contribution is -2.02. The molecule has 6 nitrogen and oxygen atoms in total. The average Bonchev–Trinajstić information content (AvgIpc) is 2.28. The van der Waals surface area contributed by atoms with Crippen LogP contribution in [0, 0.1) is 6.92 Å². The number of hydrogen-bond acceptors (Lipinski definition) is 4. The van der Waals surface area contributed by atoms with E-state index in [2.05, 4.69) is 0 Å². The number of aryl methyl sites for hydroxylation is 1. The quantitative estimate of drug-likeness (QED) is 0.635. The lowest BCUT2D eigenvalue weighted by molar-refractivity contribution is 0.478. The summed E-state index contributed by atoms with van der Waals surface area (Å²) in [6.07, 6.45) is 2.39. The van der Waals surface area contributed by atoms with Gasteiger partial charge in [0.25, 0.3) is 20.2 Å². The molecule has 0 bridgehead atoms. The molecule has 0 saturated carbocycles. The van der Waals surface area contributed by atoms with Crippen LogP contribution >= 0.6 is 0 Å². The van der Waals surface area contributed by atoms with E-state index in [0.717, 1.165) is 18.4 Å². The predicted octanol–water partition coefficient (Wildman–Crippen LogP) is 2.31. The first-order valence-corrected chi connectivity index (χ1v) is 9.10. The highest BCUT2D eigenvalue weighted by Gasteiger charge is 2.06. The lowest BCUT2D eigenvalue weighted by Gasteiger charge is -1.95. The molecule has 2 N–H and O–H groups in total. The second-order valence-electron chi connectivity index (χ2n) is 4.28. The minimum absolute atomic E-state index is 0.0666. The van der Waals surface area contributed by atoms with E-state index in [0.29, 0.717) is 6.42 Å². The Balaban J connectivity index is 0.000000370. The van der Waals surface area contributed by atoms with Gasteiger partial charge in [0.05, 0.1) is 10.6 Å². The topological polar surface area (TPSA) is 109 Å². The molecule has 116 valence electrons. The summed E-state index contributed by atoms with van der Waals surface area (Å²) >= 11 is 0. The van der Waals surface area contributed by atoms with E-state index in [1.54, 1.807) is 12.1 Å². The van der Waals surface area contributed by atoms with Crippen molar-refractivity contribution in [3.63, 3.8) is 0 Å². The van der Waals surface area contributed by atoms with E-state index in [-0.39, 0.29) is 10.6 Å². The van der Waals surface area contributed by atoms with E-state index in [1.807, 2.05) is 13.8 Å². The number of unbranched alkanes of at least 4 members (excludes halogenated alkanes) is 2. The molecule has 1 aromatic rings. The van der Waals surface area contributed by atoms with Gasteiger partial charge in [-0.2, -0.15) is 16.8 Å². The van der Waals surface area contributed by atoms with Crippen LogP contribution < -0.4 is 0 Å². The largest absolute Gasteiger partial charge is 0.294 e. The molecule has 0 spiro atoms. The lowest BCUT2D eigenvalue weighted by atomic mass is 10.2. The minimum Gasteiger partial charge on any atom is -0.286 e. The third-order valence-electron chi connectivity index (χ3n) is 2.32. The average molecular weight is 324 g/mol. The summed E-state index contributed by atoms with van der Waals surface area (Å²) in [4.78, 5) is -0.0666. The van der Waals surface area contributed by atoms with Crippen LogP contribution in [-0.2, 0) is 20.2 Å². The van der Waals surface area contributed by atoms with Gasteiger partial charge in [0.2, 0.25) is 0 Å². The van der Waals surface area contributed by atoms with Crippen molar-refractivity contribution >= 4 is 20.2 Å². The molecule has 0 aliphatic heterocycles. The third kappa shape index (κ3) is 9.90. The van der Waals surface area contributed by atoms with Gasteiger partial charge in [-0.25, -0.2) is 0 Å². The van der Waals surface area contributed by atoms with E-state index in [1.165, 1.54) is 12.1 Å². The summed E-state index contributed by atoms with van der Waals surface area (Å²) in [5, 5.41) is 0. The molecule has 0 amide bonds. The number of hydrogen-bond donors (Lipinski definition) is 2. The zero-order valence-electron chi connectivity index (χ0n) is 11.5. The number of benzene rings is 1. The van der Waals surface area contributed by atoms with Crippen molar-refractivity contribution in [3.05, 3.63) is 29.8 Å². The molecule has 0 aliphatic rings. The Morgan fingerprint density at radius 3 is 1.80 bits per heavy atom. The van der Waals surface area contributed by atoms with Crippen molar-refractivity contribution in [1.82, 2.24) is 0 Å². The molecule has 0 atom stereocenters. The van der Waals surface area contributed by atoms with Gasteiger partial charge in [-0.3, -0.25) is 9.11 Å². The maximum Gasteiger partial charge on any atom is 0.294 e. The van der Waals surface area contributed by atoms with Gasteiger partial charge in [0, 0.05) is 0 Å². The molecule has 20 heavy (non-hydrogen) atoms. The molecule has 1 rings (SSSR count). The fourth-order valence-electron chi connectivity index (χ4n) is 1.24. The first-order chi connectivity index (χ1) is 9.06. The molecule has 0 aromatic heterocycles. The van der Waals surface area contributed by atoms with Crippen molar-refractivity contribution in [3.8, 4) is 0 Å². The summed E-state index contributed by atoms with van der Waals surface area (Å²) in [5.74, 6) is -0.0964. The predicted molar refractivity (Wildman–Crippen MR) is 76.9 cm³/mol. The van der Waals surface area contributed by atoms with Gasteiger partial charge in [-0.15, -0.1) is 0 Å². The van der Waals surface area contributed by atoms with Crippen LogP contribution in [0.3, 0.4) is 0 Å². The Kier molecular flexibility index (Phi) is 7.95. The van der Waals surface area contributed by atoms with Gasteiger partial charge in [-0.1, -0.05) is 37.5 Å². The van der Waals surface area contributed by atoms with Crippen LogP contribution in [0.25, 0.3) is 0 Å². The zero-order valence-corrected chi connectivity index (χ0v) is 13.1. The van der Waals surface area contributed by atoms with Crippen LogP contribution in [0.2, 0.25) is 0 Å². The second-order valence-corrected chi connectivity index (χ2v) is 7.27. The second kappa shape index (κ2) is 8.35. The van der Waals surface area contributed by atoms with Gasteiger partial charge in [0.1, 0.15) is 0 Å². The van der Waals surface area contributed by atoms with Gasteiger partial charge in [-0.05, 0) is 25.5 Å². The number of rotatable bonds is 5. The zero-order chi connectivity index (χ0) is 15.8. The van der Waals surface area contributed by atoms with Crippen LogP contribution in [0.1, 0.15) is 31.7 Å². The minimum atomic E-state index is -4.02. The Morgan fingerprint density at radius 1 is 0.950 bits per heavy atom. The highest BCUT2D eigenvalue weighted by molar-refractivity contribution is 7.86. The molecular weight excluding hydrogens is 304 g/mol. The Hall–Kier alpha value is -0.960. The van der Waals surface area contributed by atoms with Crippen LogP contribution in [0.4, 0.5) is 0 Å². The Morgan fingerprint density at radius 2 is 1.45 bits per heavy atom. The Bertz CT molecular complexity index is 587. The Labute approximate surface area is 120 Å². The monoisotopic (exact) mass is 324 g/mol. The summed E-state index contributed by atoms with van der Waals surface area (Å²) in [7, 11) is -7.72. The van der Waals surface area contributed by atoms with Gasteiger partial charge < -0.3 is 0 Å². The maximum atomic E-state index is 10.5. The molecule has 0 fully saturated rings. The molecule has 0 saturated heterocycles. The van der Waals surface area contributed by atoms with Crippen LogP contribution in [0.15, 0.2) is 29.2 Å². The van der Waals surface area contributed by atoms with E-state index in [4.69, 9.17) is 9.11 Å². The van der Waals surface area contributed by atoms with Crippen molar-refractivity contribution in [1.29, 1.82) is 0 Å². The molecule has 0 unspecified atom stereocenters. The van der Waals surface area contributed by atoms with E-state index in [9.17, 15) is 16.8 Å². The molecular formula is C12H20O6S2.